The molecule has 2 heterocycles. The molecule has 1 saturated heterocycles. The molecule has 4 amide bonds. The first-order chi connectivity index (χ1) is 16.0. The molecule has 2 aliphatic rings. The SMILES string of the molecule is O=C(CCN1C(=O)c2ccccc2C1=O)N1CCN(C(=O)c2cccc3ccccc23)CC1. The molecule has 5 rings (SSSR count). The van der Waals surface area contributed by atoms with E-state index in [2.05, 4.69) is 0 Å². The third-order valence-electron chi connectivity index (χ3n) is 6.37. The van der Waals surface area contributed by atoms with Crippen LogP contribution in [0, 0.1) is 0 Å². The Morgan fingerprint density at radius 3 is 1.97 bits per heavy atom. The van der Waals surface area contributed by atoms with Gasteiger partial charge in [-0.15, -0.1) is 0 Å². The first-order valence-electron chi connectivity index (χ1n) is 11.0. The Morgan fingerprint density at radius 2 is 1.27 bits per heavy atom. The fraction of sp³-hybridized carbons (Fsp3) is 0.231. The summed E-state index contributed by atoms with van der Waals surface area (Å²) in [5.41, 5.74) is 1.43. The number of hydrogen-bond acceptors (Lipinski definition) is 4. The number of carbonyl (C=O) groups excluding carboxylic acids is 4. The van der Waals surface area contributed by atoms with Gasteiger partial charge in [-0.25, -0.2) is 0 Å². The minimum atomic E-state index is -0.353. The number of benzene rings is 3. The number of nitrogens with zero attached hydrogens (tertiary/aromatic N) is 3. The van der Waals surface area contributed by atoms with Crippen LogP contribution in [0.25, 0.3) is 10.8 Å². The van der Waals surface area contributed by atoms with Crippen molar-refractivity contribution in [2.75, 3.05) is 32.7 Å². The lowest BCUT2D eigenvalue weighted by atomic mass is 10.0. The Morgan fingerprint density at radius 1 is 0.697 bits per heavy atom. The molecule has 1 fully saturated rings. The Bertz CT molecular complexity index is 1240. The maximum atomic E-state index is 13.1. The zero-order chi connectivity index (χ0) is 22.9. The smallest absolute Gasteiger partial charge is 0.261 e. The molecule has 0 aliphatic carbocycles. The maximum absolute atomic E-state index is 13.1. The zero-order valence-electron chi connectivity index (χ0n) is 18.1. The van der Waals surface area contributed by atoms with Crippen LogP contribution in [0.4, 0.5) is 0 Å². The van der Waals surface area contributed by atoms with E-state index in [1.807, 2.05) is 42.5 Å². The van der Waals surface area contributed by atoms with Gasteiger partial charge in [0, 0.05) is 44.7 Å². The fourth-order valence-electron chi connectivity index (χ4n) is 4.55. The van der Waals surface area contributed by atoms with Crippen LogP contribution in [-0.2, 0) is 4.79 Å². The van der Waals surface area contributed by atoms with Crippen LogP contribution < -0.4 is 0 Å². The highest BCUT2D eigenvalue weighted by atomic mass is 16.2. The first kappa shape index (κ1) is 20.9. The monoisotopic (exact) mass is 441 g/mol. The highest BCUT2D eigenvalue weighted by molar-refractivity contribution is 6.21. The van der Waals surface area contributed by atoms with Crippen molar-refractivity contribution >= 4 is 34.4 Å². The average Bonchev–Trinajstić information content (AvgIpc) is 3.11. The molecule has 0 spiro atoms. The molecular weight excluding hydrogens is 418 g/mol. The van der Waals surface area contributed by atoms with Gasteiger partial charge in [-0.1, -0.05) is 48.5 Å². The minimum absolute atomic E-state index is 0.0371. The van der Waals surface area contributed by atoms with Gasteiger partial charge in [0.1, 0.15) is 0 Å². The Labute approximate surface area is 191 Å². The summed E-state index contributed by atoms with van der Waals surface area (Å²) in [6.45, 7) is 1.80. The van der Waals surface area contributed by atoms with Crippen LogP contribution >= 0.6 is 0 Å². The summed E-state index contributed by atoms with van der Waals surface area (Å²) in [6.07, 6.45) is 0.0722. The molecule has 0 bridgehead atoms. The summed E-state index contributed by atoms with van der Waals surface area (Å²) in [5, 5.41) is 1.94. The molecule has 2 aliphatic heterocycles. The molecule has 0 radical (unpaired) electrons. The number of hydrogen-bond donors (Lipinski definition) is 0. The average molecular weight is 441 g/mol. The van der Waals surface area contributed by atoms with Gasteiger partial charge in [-0.2, -0.15) is 0 Å². The maximum Gasteiger partial charge on any atom is 0.261 e. The van der Waals surface area contributed by atoms with E-state index in [1.165, 1.54) is 0 Å². The molecule has 0 aromatic heterocycles. The molecular formula is C26H23N3O4. The van der Waals surface area contributed by atoms with E-state index in [1.54, 1.807) is 34.1 Å². The highest BCUT2D eigenvalue weighted by Crippen LogP contribution is 2.23. The lowest BCUT2D eigenvalue weighted by Crippen LogP contribution is -2.51. The van der Waals surface area contributed by atoms with Crippen LogP contribution in [0.15, 0.2) is 66.7 Å². The molecule has 0 unspecified atom stereocenters. The molecule has 3 aromatic rings. The van der Waals surface area contributed by atoms with Crippen molar-refractivity contribution in [3.63, 3.8) is 0 Å². The van der Waals surface area contributed by atoms with E-state index in [0.717, 1.165) is 15.7 Å². The molecule has 166 valence electrons. The van der Waals surface area contributed by atoms with Gasteiger partial charge < -0.3 is 9.80 Å². The van der Waals surface area contributed by atoms with Crippen LogP contribution in [0.3, 0.4) is 0 Å². The number of rotatable bonds is 4. The van der Waals surface area contributed by atoms with Crippen molar-refractivity contribution in [3.05, 3.63) is 83.4 Å². The van der Waals surface area contributed by atoms with Gasteiger partial charge in [0.05, 0.1) is 11.1 Å². The Kier molecular flexibility index (Phi) is 5.38. The molecule has 0 saturated carbocycles. The predicted octanol–water partition coefficient (Wildman–Crippen LogP) is 2.81. The van der Waals surface area contributed by atoms with Gasteiger partial charge in [-0.05, 0) is 29.0 Å². The van der Waals surface area contributed by atoms with E-state index in [0.29, 0.717) is 42.9 Å². The van der Waals surface area contributed by atoms with Crippen LogP contribution in [0.1, 0.15) is 37.5 Å². The van der Waals surface area contributed by atoms with Gasteiger partial charge in [0.2, 0.25) is 5.91 Å². The second-order valence-electron chi connectivity index (χ2n) is 8.26. The van der Waals surface area contributed by atoms with Gasteiger partial charge >= 0.3 is 0 Å². The summed E-state index contributed by atoms with van der Waals surface area (Å²) >= 11 is 0. The number of imide groups is 1. The fourth-order valence-corrected chi connectivity index (χ4v) is 4.55. The quantitative estimate of drug-likeness (QED) is 0.584. The lowest BCUT2D eigenvalue weighted by Gasteiger charge is -2.35. The summed E-state index contributed by atoms with van der Waals surface area (Å²) in [6, 6.07) is 20.2. The highest BCUT2D eigenvalue weighted by Gasteiger charge is 2.35. The van der Waals surface area contributed by atoms with Gasteiger partial charge in [0.15, 0.2) is 0 Å². The molecule has 7 nitrogen and oxygen atoms in total. The molecule has 3 aromatic carbocycles. The van der Waals surface area contributed by atoms with Crippen molar-refractivity contribution in [1.82, 2.24) is 14.7 Å². The van der Waals surface area contributed by atoms with E-state index in [4.69, 9.17) is 0 Å². The van der Waals surface area contributed by atoms with E-state index in [9.17, 15) is 19.2 Å². The van der Waals surface area contributed by atoms with Crippen molar-refractivity contribution in [1.29, 1.82) is 0 Å². The number of piperazine rings is 1. The van der Waals surface area contributed by atoms with Crippen LogP contribution in [-0.4, -0.2) is 71.1 Å². The number of fused-ring (bicyclic) bond motifs is 2. The summed E-state index contributed by atoms with van der Waals surface area (Å²) in [5.74, 6) is -0.864. The zero-order valence-corrected chi connectivity index (χ0v) is 18.1. The van der Waals surface area contributed by atoms with E-state index >= 15 is 0 Å². The van der Waals surface area contributed by atoms with Crippen molar-refractivity contribution < 1.29 is 19.2 Å². The third-order valence-corrected chi connectivity index (χ3v) is 6.37. The second-order valence-corrected chi connectivity index (χ2v) is 8.26. The third kappa shape index (κ3) is 3.75. The summed E-state index contributed by atoms with van der Waals surface area (Å²) in [7, 11) is 0. The van der Waals surface area contributed by atoms with Crippen LogP contribution in [0.2, 0.25) is 0 Å². The van der Waals surface area contributed by atoms with Crippen molar-refractivity contribution in [3.8, 4) is 0 Å². The largest absolute Gasteiger partial charge is 0.339 e. The van der Waals surface area contributed by atoms with Crippen molar-refractivity contribution in [2.24, 2.45) is 0 Å². The molecule has 7 heteroatoms. The second kappa shape index (κ2) is 8.50. The Hall–Kier alpha value is -4.00. The Balaban J connectivity index is 1.18. The van der Waals surface area contributed by atoms with Gasteiger partial charge in [-0.3, -0.25) is 24.1 Å². The molecule has 0 atom stereocenters. The van der Waals surface area contributed by atoms with Crippen LogP contribution in [0.5, 0.6) is 0 Å². The van der Waals surface area contributed by atoms with Gasteiger partial charge in [0.25, 0.3) is 17.7 Å². The minimum Gasteiger partial charge on any atom is -0.339 e. The van der Waals surface area contributed by atoms with Crippen molar-refractivity contribution in [2.45, 2.75) is 6.42 Å². The first-order valence-corrected chi connectivity index (χ1v) is 11.0. The number of amides is 4. The normalized spacial score (nSPS) is 15.8. The summed E-state index contributed by atoms with van der Waals surface area (Å²) in [4.78, 5) is 55.4. The molecule has 33 heavy (non-hydrogen) atoms. The standard InChI is InChI=1S/C26H23N3O4/c30-23(12-13-29-25(32)21-9-3-4-10-22(21)26(29)33)27-14-16-28(17-15-27)24(31)20-11-5-7-18-6-1-2-8-19(18)20/h1-11H,12-17H2. The lowest BCUT2D eigenvalue weighted by molar-refractivity contribution is -0.132. The van der Waals surface area contributed by atoms with E-state index in [-0.39, 0.29) is 36.6 Å². The topological polar surface area (TPSA) is 78.0 Å². The summed E-state index contributed by atoms with van der Waals surface area (Å²) < 4.78 is 0. The molecule has 0 N–H and O–H groups in total. The number of carbonyl (C=O) groups is 4. The predicted molar refractivity (Wildman–Crippen MR) is 123 cm³/mol. The van der Waals surface area contributed by atoms with E-state index < -0.39 is 0 Å².